The number of benzene rings is 1. The molecule has 1 saturated carbocycles. The average Bonchev–Trinajstić information content (AvgIpc) is 3.67. The van der Waals surface area contributed by atoms with Gasteiger partial charge in [-0.25, -0.2) is 4.79 Å². The number of hydrogen-bond donors (Lipinski definition) is 1. The normalized spacial score (nSPS) is 17.9. The quantitative estimate of drug-likeness (QED) is 0.222. The van der Waals surface area contributed by atoms with E-state index in [1.165, 1.54) is 5.57 Å². The number of carbonyl (C=O) groups excluding carboxylic acids is 2. The number of nitrogens with zero attached hydrogens (tertiary/aromatic N) is 1. The van der Waals surface area contributed by atoms with Crippen LogP contribution in [0.5, 0.6) is 11.5 Å². The number of nitrogens with one attached hydrogen (secondary N) is 1. The van der Waals surface area contributed by atoms with E-state index in [9.17, 15) is 9.59 Å². The second-order valence-electron chi connectivity index (χ2n) is 16.7. The number of hydrogen-bond acceptors (Lipinski definition) is 6. The van der Waals surface area contributed by atoms with Crippen LogP contribution in [0.2, 0.25) is 34.8 Å². The van der Waals surface area contributed by atoms with Gasteiger partial charge in [-0.2, -0.15) is 0 Å². The lowest BCUT2D eigenvalue weighted by Gasteiger charge is -2.42. The maximum atomic E-state index is 14.6. The third-order valence-electron chi connectivity index (χ3n) is 10.1. The summed E-state index contributed by atoms with van der Waals surface area (Å²) in [6, 6.07) is 3.35. The molecule has 1 unspecified atom stereocenters. The maximum Gasteiger partial charge on any atom is 0.412 e. The van der Waals surface area contributed by atoms with Gasteiger partial charge in [-0.1, -0.05) is 62.3 Å². The molecule has 1 heterocycles. The summed E-state index contributed by atoms with van der Waals surface area (Å²) in [5.74, 6) is 1.31. The number of methoxy groups -OCH3 is 1. The Morgan fingerprint density at radius 2 is 1.50 bits per heavy atom. The first-order chi connectivity index (χ1) is 21.0. The highest BCUT2D eigenvalue weighted by Crippen LogP contribution is 2.47. The standard InChI is InChI=1S/C36H62N2O6Si2/c1-23(2)46(24(3)4,25(5)6)44-32-20-30(37-34(40)43-35(7,8)9)29(19-31(32)41-13)33(39)38-21-27(26-16-17-26)18-28(38)22-42-45(14,15)36(10,11)12/h19-21,23-26,28H,16-18,22H2,1-15H3,(H,37,40). The Morgan fingerprint density at radius 3 is 1.96 bits per heavy atom. The molecule has 1 aromatic carbocycles. The molecule has 0 bridgehead atoms. The smallest absolute Gasteiger partial charge is 0.412 e. The summed E-state index contributed by atoms with van der Waals surface area (Å²) < 4.78 is 25.2. The topological polar surface area (TPSA) is 86.3 Å². The summed E-state index contributed by atoms with van der Waals surface area (Å²) in [4.78, 5) is 29.6. The summed E-state index contributed by atoms with van der Waals surface area (Å²) in [5, 5.41) is 2.96. The molecule has 1 aliphatic heterocycles. The third-order valence-corrected chi connectivity index (χ3v) is 20.6. The van der Waals surface area contributed by atoms with Gasteiger partial charge < -0.3 is 23.2 Å². The van der Waals surface area contributed by atoms with Crippen molar-refractivity contribution in [3.05, 3.63) is 29.5 Å². The van der Waals surface area contributed by atoms with Gasteiger partial charge in [0.05, 0.1) is 31.0 Å². The van der Waals surface area contributed by atoms with E-state index in [2.05, 4.69) is 80.7 Å². The molecule has 0 radical (unpaired) electrons. The molecule has 1 N–H and O–H groups in total. The zero-order valence-electron chi connectivity index (χ0n) is 31.3. The van der Waals surface area contributed by atoms with Gasteiger partial charge in [0.1, 0.15) is 11.4 Å². The molecular formula is C36H62N2O6Si2. The van der Waals surface area contributed by atoms with E-state index >= 15 is 0 Å². The Morgan fingerprint density at radius 1 is 0.935 bits per heavy atom. The SMILES string of the molecule is COc1cc(C(=O)N2C=C(C3CC3)CC2CO[Si](C)(C)C(C)(C)C)c(NC(=O)OC(C)(C)C)cc1O[Si](C(C)C)(C(C)C)C(C)C. The Bertz CT molecular complexity index is 1270. The van der Waals surface area contributed by atoms with Crippen LogP contribution in [0.3, 0.4) is 0 Å². The highest BCUT2D eigenvalue weighted by Gasteiger charge is 2.48. The van der Waals surface area contributed by atoms with Crippen molar-refractivity contribution in [1.82, 2.24) is 4.90 Å². The van der Waals surface area contributed by atoms with Gasteiger partial charge >= 0.3 is 6.09 Å². The van der Waals surface area contributed by atoms with E-state index in [-0.39, 0.29) is 17.0 Å². The largest absolute Gasteiger partial charge is 0.540 e. The number of anilines is 1. The number of amides is 2. The predicted octanol–water partition coefficient (Wildman–Crippen LogP) is 10.1. The van der Waals surface area contributed by atoms with Gasteiger partial charge in [0, 0.05) is 12.3 Å². The van der Waals surface area contributed by atoms with Crippen molar-refractivity contribution in [2.24, 2.45) is 5.92 Å². The van der Waals surface area contributed by atoms with Crippen LogP contribution in [0.4, 0.5) is 10.5 Å². The van der Waals surface area contributed by atoms with Crippen LogP contribution in [-0.2, 0) is 9.16 Å². The van der Waals surface area contributed by atoms with E-state index in [1.54, 1.807) is 19.2 Å². The lowest BCUT2D eigenvalue weighted by Crippen LogP contribution is -2.50. The number of rotatable bonds is 12. The van der Waals surface area contributed by atoms with E-state index in [0.717, 1.165) is 19.3 Å². The van der Waals surface area contributed by atoms with Gasteiger partial charge in [0.2, 0.25) is 0 Å². The first kappa shape index (κ1) is 38.1. The molecule has 2 amide bonds. The van der Waals surface area contributed by atoms with Gasteiger partial charge in [-0.3, -0.25) is 10.1 Å². The molecule has 1 aliphatic carbocycles. The van der Waals surface area contributed by atoms with Crippen LogP contribution in [0.1, 0.15) is 113 Å². The Hall–Kier alpha value is -2.31. The minimum atomic E-state index is -2.40. The average molecular weight is 675 g/mol. The molecule has 260 valence electrons. The fraction of sp³-hybridized carbons (Fsp3) is 0.722. The summed E-state index contributed by atoms with van der Waals surface area (Å²) in [7, 11) is -2.85. The van der Waals surface area contributed by atoms with Gasteiger partial charge in [-0.15, -0.1) is 0 Å². The van der Waals surface area contributed by atoms with Crippen molar-refractivity contribution in [2.45, 2.75) is 149 Å². The van der Waals surface area contributed by atoms with Crippen LogP contribution < -0.4 is 14.5 Å². The monoisotopic (exact) mass is 674 g/mol. The van der Waals surface area contributed by atoms with Crippen LogP contribution >= 0.6 is 0 Å². The van der Waals surface area contributed by atoms with Crippen molar-refractivity contribution >= 4 is 34.3 Å². The minimum absolute atomic E-state index is 0.0569. The minimum Gasteiger partial charge on any atom is -0.540 e. The molecule has 3 rings (SSSR count). The fourth-order valence-electron chi connectivity index (χ4n) is 6.49. The summed E-state index contributed by atoms with van der Waals surface area (Å²) in [6.45, 7) is 30.4. The summed E-state index contributed by atoms with van der Waals surface area (Å²) in [5.41, 5.74) is 2.21. The van der Waals surface area contributed by atoms with Crippen molar-refractivity contribution in [2.75, 3.05) is 19.0 Å². The van der Waals surface area contributed by atoms with E-state index in [1.807, 2.05) is 31.9 Å². The number of ether oxygens (including phenoxy) is 2. The molecular weight excluding hydrogens is 613 g/mol. The van der Waals surface area contributed by atoms with Crippen molar-refractivity contribution < 1.29 is 27.9 Å². The van der Waals surface area contributed by atoms with Crippen molar-refractivity contribution in [3.8, 4) is 11.5 Å². The van der Waals surface area contributed by atoms with Gasteiger partial charge in [0.15, 0.2) is 14.1 Å². The van der Waals surface area contributed by atoms with Crippen LogP contribution in [-0.4, -0.2) is 58.9 Å². The Kier molecular flexibility index (Phi) is 11.6. The van der Waals surface area contributed by atoms with Crippen LogP contribution in [0.25, 0.3) is 0 Å². The first-order valence-corrected chi connectivity index (χ1v) is 22.2. The highest BCUT2D eigenvalue weighted by atomic mass is 28.4. The molecule has 0 aromatic heterocycles. The molecule has 46 heavy (non-hydrogen) atoms. The Labute approximate surface area is 281 Å². The predicted molar refractivity (Wildman–Crippen MR) is 193 cm³/mol. The lowest BCUT2D eigenvalue weighted by atomic mass is 10.1. The lowest BCUT2D eigenvalue weighted by molar-refractivity contribution is 0.0636. The van der Waals surface area contributed by atoms with Crippen LogP contribution in [0, 0.1) is 5.92 Å². The van der Waals surface area contributed by atoms with E-state index in [0.29, 0.717) is 51.9 Å². The van der Waals surface area contributed by atoms with Crippen molar-refractivity contribution in [1.29, 1.82) is 0 Å². The fourth-order valence-corrected chi connectivity index (χ4v) is 12.8. The number of carbonyl (C=O) groups is 2. The zero-order chi connectivity index (χ0) is 35.0. The molecule has 1 aromatic rings. The summed E-state index contributed by atoms with van der Waals surface area (Å²) >= 11 is 0. The third kappa shape index (κ3) is 8.58. The second kappa shape index (κ2) is 14.0. The van der Waals surface area contributed by atoms with Crippen LogP contribution in [0.15, 0.2) is 23.9 Å². The molecule has 10 heteroatoms. The van der Waals surface area contributed by atoms with Gasteiger partial charge in [0.25, 0.3) is 14.2 Å². The first-order valence-electron chi connectivity index (χ1n) is 17.1. The molecule has 8 nitrogen and oxygen atoms in total. The van der Waals surface area contributed by atoms with E-state index < -0.39 is 28.3 Å². The zero-order valence-corrected chi connectivity index (χ0v) is 33.3. The van der Waals surface area contributed by atoms with E-state index in [4.69, 9.17) is 18.3 Å². The second-order valence-corrected chi connectivity index (χ2v) is 26.9. The highest BCUT2D eigenvalue weighted by molar-refractivity contribution is 6.78. The molecule has 1 atom stereocenters. The molecule has 0 saturated heterocycles. The maximum absolute atomic E-state index is 14.6. The summed E-state index contributed by atoms with van der Waals surface area (Å²) in [6.07, 6.45) is 4.50. The Balaban J connectivity index is 2.12. The molecule has 1 fully saturated rings. The van der Waals surface area contributed by atoms with Crippen molar-refractivity contribution in [3.63, 3.8) is 0 Å². The van der Waals surface area contributed by atoms with Gasteiger partial charge in [-0.05, 0) is 92.3 Å². The molecule has 0 spiro atoms. The molecule has 2 aliphatic rings.